The monoisotopic (exact) mass is 506 g/mol. The summed E-state index contributed by atoms with van der Waals surface area (Å²) >= 11 is 0. The van der Waals surface area contributed by atoms with Gasteiger partial charge in [-0.3, -0.25) is 9.36 Å². The summed E-state index contributed by atoms with van der Waals surface area (Å²) in [6, 6.07) is 1.33. The average Bonchev–Trinajstić information content (AvgIpc) is 3.20. The Labute approximate surface area is 189 Å². The van der Waals surface area contributed by atoms with Crippen LogP contribution in [0.1, 0.15) is 6.42 Å². The van der Waals surface area contributed by atoms with E-state index in [9.17, 15) is 45.1 Å². The molecule has 2 heterocycles. The van der Waals surface area contributed by atoms with E-state index in [1.807, 2.05) is 0 Å². The smallest absolute Gasteiger partial charge is 0.367 e. The number of hydrogen-bond acceptors (Lipinski definition) is 6. The molecule has 0 aliphatic carbocycles. The lowest BCUT2D eigenvalue weighted by Crippen LogP contribution is -2.48. The highest BCUT2D eigenvalue weighted by atomic mass is 19.4. The topological polar surface area (TPSA) is 99.6 Å². The summed E-state index contributed by atoms with van der Waals surface area (Å²) in [5, 5.41) is -0.826. The predicted octanol–water partition coefficient (Wildman–Crippen LogP) is 1.76. The first-order chi connectivity index (χ1) is 16.3. The molecule has 2 N–H and O–H groups in total. The van der Waals surface area contributed by atoms with Crippen LogP contribution in [-0.4, -0.2) is 40.6 Å². The SMILES string of the molecule is NC1CCN(c2cc3c(cc2F)c(=O)n(OC(=O)C(F)(F)F)c(=O)n3-c2cc(F)c(F)cc2F)C1. The molecule has 1 aliphatic rings. The fourth-order valence-corrected chi connectivity index (χ4v) is 3.68. The summed E-state index contributed by atoms with van der Waals surface area (Å²) in [6.07, 6.45) is -5.19. The first-order valence-electron chi connectivity index (χ1n) is 9.76. The van der Waals surface area contributed by atoms with Gasteiger partial charge in [0, 0.05) is 31.3 Å². The van der Waals surface area contributed by atoms with Crippen molar-refractivity contribution in [2.24, 2.45) is 5.73 Å². The van der Waals surface area contributed by atoms with E-state index < -0.39 is 68.0 Å². The number of rotatable bonds is 3. The number of nitrogens with zero attached hydrogens (tertiary/aromatic N) is 3. The highest BCUT2D eigenvalue weighted by Crippen LogP contribution is 2.29. The van der Waals surface area contributed by atoms with Crippen molar-refractivity contribution in [2.45, 2.75) is 18.6 Å². The van der Waals surface area contributed by atoms with Gasteiger partial charge in [0.05, 0.1) is 22.3 Å². The van der Waals surface area contributed by atoms with Crippen LogP contribution in [0.3, 0.4) is 0 Å². The molecule has 0 radical (unpaired) electrons. The first kappa shape index (κ1) is 24.3. The van der Waals surface area contributed by atoms with Crippen molar-refractivity contribution in [3.63, 3.8) is 0 Å². The van der Waals surface area contributed by atoms with Crippen molar-refractivity contribution < 1.29 is 40.4 Å². The third-order valence-corrected chi connectivity index (χ3v) is 5.29. The Balaban J connectivity index is 2.09. The average molecular weight is 506 g/mol. The lowest BCUT2D eigenvalue weighted by atomic mass is 10.1. The van der Waals surface area contributed by atoms with Gasteiger partial charge in [-0.2, -0.15) is 13.2 Å². The number of carbonyl (C=O) groups excluding carboxylic acids is 1. The Bertz CT molecular complexity index is 1480. The van der Waals surface area contributed by atoms with E-state index >= 15 is 0 Å². The number of benzene rings is 2. The minimum absolute atomic E-state index is 0.0457. The number of halogens is 7. The quantitative estimate of drug-likeness (QED) is 0.430. The minimum Gasteiger partial charge on any atom is -0.367 e. The van der Waals surface area contributed by atoms with Gasteiger partial charge in [0.1, 0.15) is 11.6 Å². The van der Waals surface area contributed by atoms with Crippen LogP contribution in [0.2, 0.25) is 0 Å². The standard InChI is InChI=1S/C20H13F7N4O4/c21-10-4-13(24)16(5-11(10)22)30-14-6-15(29-2-1-8(28)7-29)12(23)3-9(14)17(32)31(19(30)34)35-18(33)20(25,26)27/h3-6,8H,1-2,7,28H2. The maximum absolute atomic E-state index is 14.9. The Morgan fingerprint density at radius 3 is 2.17 bits per heavy atom. The molecule has 3 aromatic rings. The van der Waals surface area contributed by atoms with Crippen LogP contribution in [0.25, 0.3) is 16.6 Å². The molecule has 0 amide bonds. The van der Waals surface area contributed by atoms with Crippen molar-refractivity contribution in [1.82, 2.24) is 9.30 Å². The van der Waals surface area contributed by atoms with E-state index in [0.29, 0.717) is 12.5 Å². The summed E-state index contributed by atoms with van der Waals surface area (Å²) in [7, 11) is 0. The molecule has 4 rings (SSSR count). The van der Waals surface area contributed by atoms with Crippen LogP contribution in [0.15, 0.2) is 33.9 Å². The van der Waals surface area contributed by atoms with E-state index in [-0.39, 0.29) is 41.5 Å². The molecule has 2 aromatic carbocycles. The molecule has 0 saturated carbocycles. The molecular weight excluding hydrogens is 493 g/mol. The number of anilines is 1. The summed E-state index contributed by atoms with van der Waals surface area (Å²) in [4.78, 5) is 42.2. The Kier molecular flexibility index (Phi) is 5.82. The zero-order valence-electron chi connectivity index (χ0n) is 17.2. The summed E-state index contributed by atoms with van der Waals surface area (Å²) in [5.41, 5.74) is 0.408. The van der Waals surface area contributed by atoms with Crippen LogP contribution < -0.4 is 26.7 Å². The molecule has 1 atom stereocenters. The van der Waals surface area contributed by atoms with Crippen molar-refractivity contribution >= 4 is 22.6 Å². The number of carbonyl (C=O) groups is 1. The number of aromatic nitrogens is 2. The molecule has 0 bridgehead atoms. The van der Waals surface area contributed by atoms with Gasteiger partial charge < -0.3 is 15.5 Å². The van der Waals surface area contributed by atoms with E-state index in [0.717, 1.165) is 6.07 Å². The van der Waals surface area contributed by atoms with Gasteiger partial charge >= 0.3 is 17.8 Å². The van der Waals surface area contributed by atoms with Gasteiger partial charge in [-0.05, 0) is 18.6 Å². The molecule has 35 heavy (non-hydrogen) atoms. The van der Waals surface area contributed by atoms with Crippen molar-refractivity contribution in [2.75, 3.05) is 18.0 Å². The fourth-order valence-electron chi connectivity index (χ4n) is 3.68. The lowest BCUT2D eigenvalue weighted by molar-refractivity contribution is -0.200. The first-order valence-corrected chi connectivity index (χ1v) is 9.76. The predicted molar refractivity (Wildman–Crippen MR) is 106 cm³/mol. The van der Waals surface area contributed by atoms with Crippen molar-refractivity contribution in [3.8, 4) is 5.69 Å². The number of nitrogens with two attached hydrogens (primary N) is 1. The molecule has 186 valence electrons. The molecule has 1 unspecified atom stereocenters. The lowest BCUT2D eigenvalue weighted by Gasteiger charge is -2.21. The van der Waals surface area contributed by atoms with E-state index in [2.05, 4.69) is 4.84 Å². The normalized spacial score (nSPS) is 16.2. The van der Waals surface area contributed by atoms with E-state index in [1.165, 1.54) is 4.90 Å². The molecule has 1 saturated heterocycles. The number of alkyl halides is 3. The maximum Gasteiger partial charge on any atom is 0.493 e. The zero-order chi connectivity index (χ0) is 25.8. The van der Waals surface area contributed by atoms with Gasteiger partial charge in [0.2, 0.25) is 0 Å². The minimum atomic E-state index is -5.65. The second-order valence-electron chi connectivity index (χ2n) is 7.63. The molecule has 1 fully saturated rings. The van der Waals surface area contributed by atoms with Crippen LogP contribution in [0.5, 0.6) is 0 Å². The summed E-state index contributed by atoms with van der Waals surface area (Å²) in [6.45, 7) is 0.417. The van der Waals surface area contributed by atoms with Crippen molar-refractivity contribution in [1.29, 1.82) is 0 Å². The number of hydrogen-bond donors (Lipinski definition) is 1. The zero-order valence-corrected chi connectivity index (χ0v) is 17.2. The van der Waals surface area contributed by atoms with Gasteiger partial charge in [-0.1, -0.05) is 4.73 Å². The number of fused-ring (bicyclic) bond motifs is 1. The highest BCUT2D eigenvalue weighted by Gasteiger charge is 2.43. The molecule has 8 nitrogen and oxygen atoms in total. The summed E-state index contributed by atoms with van der Waals surface area (Å²) < 4.78 is 94.5. The Hall–Kier alpha value is -3.88. The largest absolute Gasteiger partial charge is 0.493 e. The Morgan fingerprint density at radius 2 is 1.57 bits per heavy atom. The van der Waals surface area contributed by atoms with E-state index in [1.54, 1.807) is 0 Å². The maximum atomic E-state index is 14.9. The van der Waals surface area contributed by atoms with Crippen LogP contribution >= 0.6 is 0 Å². The van der Waals surface area contributed by atoms with E-state index in [4.69, 9.17) is 5.73 Å². The van der Waals surface area contributed by atoms with Crippen LogP contribution in [0, 0.1) is 23.3 Å². The summed E-state index contributed by atoms with van der Waals surface area (Å²) in [5.74, 6) is -8.92. The third-order valence-electron chi connectivity index (χ3n) is 5.29. The fraction of sp³-hybridized carbons (Fsp3) is 0.250. The van der Waals surface area contributed by atoms with Gasteiger partial charge in [0.25, 0.3) is 5.56 Å². The molecule has 15 heteroatoms. The molecule has 0 spiro atoms. The van der Waals surface area contributed by atoms with Crippen LogP contribution in [-0.2, 0) is 4.79 Å². The van der Waals surface area contributed by atoms with Gasteiger partial charge in [-0.15, -0.1) is 0 Å². The molecule has 1 aliphatic heterocycles. The Morgan fingerprint density at radius 1 is 0.943 bits per heavy atom. The van der Waals surface area contributed by atoms with Gasteiger partial charge in [0.15, 0.2) is 11.6 Å². The van der Waals surface area contributed by atoms with Gasteiger partial charge in [-0.25, -0.2) is 27.2 Å². The second kappa shape index (κ2) is 8.41. The third kappa shape index (κ3) is 4.22. The van der Waals surface area contributed by atoms with Crippen molar-refractivity contribution in [3.05, 3.63) is 68.4 Å². The highest BCUT2D eigenvalue weighted by molar-refractivity contribution is 5.84. The second-order valence-corrected chi connectivity index (χ2v) is 7.63. The van der Waals surface area contributed by atoms with Crippen LogP contribution in [0.4, 0.5) is 36.4 Å². The molecular formula is C20H13F7N4O4. The molecule has 1 aromatic heterocycles.